The minimum atomic E-state index is 0.00224. The third-order valence-corrected chi connectivity index (χ3v) is 7.81. The van der Waals surface area contributed by atoms with Gasteiger partial charge in [-0.15, -0.1) is 15.3 Å². The van der Waals surface area contributed by atoms with Gasteiger partial charge in [0.2, 0.25) is 16.2 Å². The van der Waals surface area contributed by atoms with Crippen molar-refractivity contribution in [1.29, 1.82) is 0 Å². The van der Waals surface area contributed by atoms with Gasteiger partial charge in [0, 0.05) is 44.8 Å². The van der Waals surface area contributed by atoms with Crippen molar-refractivity contribution in [3.8, 4) is 5.75 Å². The third-order valence-electron chi connectivity index (χ3n) is 7.04. The van der Waals surface area contributed by atoms with Crippen LogP contribution >= 0.6 is 11.3 Å². The summed E-state index contributed by atoms with van der Waals surface area (Å²) in [4.78, 5) is 17.5. The zero-order valence-corrected chi connectivity index (χ0v) is 23.8. The standard InChI is InChI=1S/C28H38N8O2S/c1-19(2)38-24-13-20(3)12-22(14-24)17-35-10-5-6-21(16-35)15-26(37)31-28-34-33-27(39-28)30-23-8-11-36(18-23)25-7-4-9-29-32-25/h4,7,9,12-14,19,21,23H,5-6,8,10-11,15-18H2,1-3H3,(H,30,33)(H,31,34,37)/t21-,23+/m0/s1. The van der Waals surface area contributed by atoms with Gasteiger partial charge in [0.25, 0.3) is 0 Å². The Morgan fingerprint density at radius 2 is 2.00 bits per heavy atom. The number of aromatic nitrogens is 4. The number of piperidine rings is 1. The van der Waals surface area contributed by atoms with Crippen LogP contribution in [0.5, 0.6) is 5.75 Å². The molecule has 0 unspecified atom stereocenters. The SMILES string of the molecule is Cc1cc(CN2CCC[C@@H](CC(=O)Nc3nnc(N[C@@H]4CCN(c5cccnn5)C4)s3)C2)cc(OC(C)C)c1. The van der Waals surface area contributed by atoms with Gasteiger partial charge >= 0.3 is 0 Å². The van der Waals surface area contributed by atoms with E-state index < -0.39 is 0 Å². The second kappa shape index (κ2) is 12.7. The molecule has 2 aliphatic rings. The maximum absolute atomic E-state index is 12.8. The van der Waals surface area contributed by atoms with Crippen LogP contribution in [0, 0.1) is 12.8 Å². The van der Waals surface area contributed by atoms with Crippen LogP contribution in [0.1, 0.15) is 50.7 Å². The van der Waals surface area contributed by atoms with E-state index in [0.717, 1.165) is 68.7 Å². The molecule has 0 saturated carbocycles. The molecule has 5 rings (SSSR count). The number of amides is 1. The zero-order chi connectivity index (χ0) is 27.2. The van der Waals surface area contributed by atoms with E-state index in [1.165, 1.54) is 22.5 Å². The van der Waals surface area contributed by atoms with E-state index in [4.69, 9.17) is 4.74 Å². The third kappa shape index (κ3) is 7.86. The van der Waals surface area contributed by atoms with Crippen molar-refractivity contribution in [2.75, 3.05) is 41.7 Å². The van der Waals surface area contributed by atoms with Gasteiger partial charge in [-0.05, 0) is 87.9 Å². The van der Waals surface area contributed by atoms with Crippen molar-refractivity contribution in [3.63, 3.8) is 0 Å². The molecule has 2 saturated heterocycles. The number of likely N-dealkylation sites (tertiary alicyclic amines) is 1. The maximum atomic E-state index is 12.8. The highest BCUT2D eigenvalue weighted by molar-refractivity contribution is 7.19. The average molecular weight is 551 g/mol. The van der Waals surface area contributed by atoms with E-state index >= 15 is 0 Å². The number of hydrogen-bond donors (Lipinski definition) is 2. The Morgan fingerprint density at radius 3 is 2.82 bits per heavy atom. The van der Waals surface area contributed by atoms with Gasteiger partial charge in [0.1, 0.15) is 5.75 Å². The fourth-order valence-electron chi connectivity index (χ4n) is 5.46. The van der Waals surface area contributed by atoms with Crippen LogP contribution in [0.2, 0.25) is 0 Å². The molecule has 2 aliphatic heterocycles. The van der Waals surface area contributed by atoms with Crippen molar-refractivity contribution < 1.29 is 9.53 Å². The molecular weight excluding hydrogens is 512 g/mol. The Morgan fingerprint density at radius 1 is 1.13 bits per heavy atom. The van der Waals surface area contributed by atoms with Gasteiger partial charge in [0.15, 0.2) is 5.82 Å². The van der Waals surface area contributed by atoms with Crippen molar-refractivity contribution >= 4 is 33.3 Å². The quantitative estimate of drug-likeness (QED) is 0.381. The molecule has 4 heterocycles. The number of nitrogens with one attached hydrogen (secondary N) is 2. The fraction of sp³-hybridized carbons (Fsp3) is 0.536. The predicted molar refractivity (Wildman–Crippen MR) is 154 cm³/mol. The number of benzene rings is 1. The molecule has 0 bridgehead atoms. The van der Waals surface area contributed by atoms with Gasteiger partial charge < -0.3 is 20.3 Å². The van der Waals surface area contributed by atoms with Gasteiger partial charge in [-0.3, -0.25) is 9.69 Å². The normalized spacial score (nSPS) is 19.8. The summed E-state index contributed by atoms with van der Waals surface area (Å²) >= 11 is 1.38. The Labute approximate surface area is 234 Å². The summed E-state index contributed by atoms with van der Waals surface area (Å²) in [6, 6.07) is 10.6. The van der Waals surface area contributed by atoms with Crippen LogP contribution < -0.4 is 20.3 Å². The van der Waals surface area contributed by atoms with Crippen LogP contribution in [0.4, 0.5) is 16.1 Å². The smallest absolute Gasteiger partial charge is 0.226 e. The van der Waals surface area contributed by atoms with E-state index in [2.05, 4.69) is 66.0 Å². The first-order chi connectivity index (χ1) is 18.9. The molecule has 11 heteroatoms. The van der Waals surface area contributed by atoms with Crippen LogP contribution in [-0.4, -0.2) is 69.5 Å². The number of hydrogen-bond acceptors (Lipinski definition) is 10. The zero-order valence-electron chi connectivity index (χ0n) is 23.0. The van der Waals surface area contributed by atoms with Crippen LogP contribution in [0.15, 0.2) is 36.5 Å². The minimum Gasteiger partial charge on any atom is -0.491 e. The van der Waals surface area contributed by atoms with Crippen LogP contribution in [0.25, 0.3) is 0 Å². The summed E-state index contributed by atoms with van der Waals surface area (Å²) in [6.45, 7) is 10.8. The largest absolute Gasteiger partial charge is 0.491 e. The molecule has 10 nitrogen and oxygen atoms in total. The first-order valence-corrected chi connectivity index (χ1v) is 14.6. The molecular formula is C28H38N8O2S. The Balaban J connectivity index is 1.08. The lowest BCUT2D eigenvalue weighted by Crippen LogP contribution is -2.36. The van der Waals surface area contributed by atoms with Gasteiger partial charge in [-0.25, -0.2) is 0 Å². The van der Waals surface area contributed by atoms with Crippen molar-refractivity contribution in [1.82, 2.24) is 25.3 Å². The lowest BCUT2D eigenvalue weighted by molar-refractivity contribution is -0.117. The fourth-order valence-corrected chi connectivity index (χ4v) is 6.20. The molecule has 2 fully saturated rings. The first kappa shape index (κ1) is 27.3. The van der Waals surface area contributed by atoms with Gasteiger partial charge in [-0.2, -0.15) is 5.10 Å². The molecule has 2 N–H and O–H groups in total. The number of anilines is 3. The summed E-state index contributed by atoms with van der Waals surface area (Å²) in [6.07, 6.45) is 5.46. The number of carbonyl (C=O) groups is 1. The number of nitrogens with zero attached hydrogens (tertiary/aromatic N) is 6. The maximum Gasteiger partial charge on any atom is 0.226 e. The van der Waals surface area contributed by atoms with E-state index in [1.807, 2.05) is 26.0 Å². The summed E-state index contributed by atoms with van der Waals surface area (Å²) in [5.41, 5.74) is 2.46. The lowest BCUT2D eigenvalue weighted by atomic mass is 9.94. The molecule has 1 aromatic carbocycles. The number of rotatable bonds is 10. The number of ether oxygens (including phenoxy) is 1. The van der Waals surface area contributed by atoms with Crippen LogP contribution in [-0.2, 0) is 11.3 Å². The first-order valence-electron chi connectivity index (χ1n) is 13.8. The molecule has 39 heavy (non-hydrogen) atoms. The molecule has 2 atom stereocenters. The van der Waals surface area contributed by atoms with E-state index in [-0.39, 0.29) is 18.1 Å². The summed E-state index contributed by atoms with van der Waals surface area (Å²) < 4.78 is 5.92. The molecule has 0 spiro atoms. The lowest BCUT2D eigenvalue weighted by Gasteiger charge is -2.32. The highest BCUT2D eigenvalue weighted by Crippen LogP contribution is 2.27. The Hall–Kier alpha value is -3.31. The minimum absolute atomic E-state index is 0.00224. The highest BCUT2D eigenvalue weighted by atomic mass is 32.1. The molecule has 208 valence electrons. The summed E-state index contributed by atoms with van der Waals surface area (Å²) in [5, 5.41) is 24.3. The van der Waals surface area contributed by atoms with Crippen molar-refractivity contribution in [2.24, 2.45) is 5.92 Å². The van der Waals surface area contributed by atoms with E-state index in [0.29, 0.717) is 17.5 Å². The summed E-state index contributed by atoms with van der Waals surface area (Å²) in [7, 11) is 0. The van der Waals surface area contributed by atoms with Crippen molar-refractivity contribution in [3.05, 3.63) is 47.7 Å². The second-order valence-electron chi connectivity index (χ2n) is 10.9. The average Bonchev–Trinajstić information content (AvgIpc) is 3.54. The van der Waals surface area contributed by atoms with Crippen LogP contribution in [0.3, 0.4) is 0 Å². The van der Waals surface area contributed by atoms with Crippen molar-refractivity contribution in [2.45, 2.75) is 65.1 Å². The van der Waals surface area contributed by atoms with Gasteiger partial charge in [-0.1, -0.05) is 17.4 Å². The number of carbonyl (C=O) groups excluding carboxylic acids is 1. The van der Waals surface area contributed by atoms with E-state index in [1.54, 1.807) is 6.20 Å². The summed E-state index contributed by atoms with van der Waals surface area (Å²) in [5.74, 6) is 2.14. The molecule has 0 aliphatic carbocycles. The highest BCUT2D eigenvalue weighted by Gasteiger charge is 2.26. The predicted octanol–water partition coefficient (Wildman–Crippen LogP) is 4.36. The molecule has 2 aromatic heterocycles. The molecule has 0 radical (unpaired) electrons. The Bertz CT molecular complexity index is 1240. The molecule has 1 amide bonds. The van der Waals surface area contributed by atoms with Gasteiger partial charge in [0.05, 0.1) is 6.10 Å². The van der Waals surface area contributed by atoms with E-state index in [9.17, 15) is 4.79 Å². The topological polar surface area (TPSA) is 108 Å². The second-order valence-corrected chi connectivity index (χ2v) is 11.9. The monoisotopic (exact) mass is 550 g/mol. The Kier molecular flexibility index (Phi) is 8.88. The number of aryl methyl sites for hydroxylation is 1. The molecule has 3 aromatic rings.